The van der Waals surface area contributed by atoms with Crippen LogP contribution in [-0.2, 0) is 6.54 Å². The summed E-state index contributed by atoms with van der Waals surface area (Å²) < 4.78 is 0. The fourth-order valence-electron chi connectivity index (χ4n) is 2.78. The first-order valence-electron chi connectivity index (χ1n) is 7.94. The van der Waals surface area contributed by atoms with E-state index < -0.39 is 0 Å². The Bertz CT molecular complexity index is 481. The van der Waals surface area contributed by atoms with Gasteiger partial charge in [0.2, 0.25) is 0 Å². The Morgan fingerprint density at radius 3 is 2.76 bits per heavy atom. The van der Waals surface area contributed by atoms with Crippen molar-refractivity contribution in [1.82, 2.24) is 10.3 Å². The number of halogens is 1. The molecule has 1 fully saturated rings. The van der Waals surface area contributed by atoms with Crippen LogP contribution < -0.4 is 10.2 Å². The molecule has 2 atom stereocenters. The molecule has 2 rings (SSSR count). The highest BCUT2D eigenvalue weighted by molar-refractivity contribution is 6.31. The lowest BCUT2D eigenvalue weighted by atomic mass is 9.92. The maximum Gasteiger partial charge on any atom is 0.129 e. The van der Waals surface area contributed by atoms with Crippen LogP contribution >= 0.6 is 11.6 Å². The van der Waals surface area contributed by atoms with E-state index in [1.807, 2.05) is 0 Å². The van der Waals surface area contributed by atoms with Crippen molar-refractivity contribution in [1.29, 1.82) is 0 Å². The van der Waals surface area contributed by atoms with Crippen LogP contribution in [0.5, 0.6) is 0 Å². The zero-order valence-corrected chi connectivity index (χ0v) is 14.7. The predicted molar refractivity (Wildman–Crippen MR) is 91.0 cm³/mol. The summed E-state index contributed by atoms with van der Waals surface area (Å²) in [5.74, 6) is 1.77. The van der Waals surface area contributed by atoms with Crippen molar-refractivity contribution in [3.8, 4) is 0 Å². The molecule has 2 unspecified atom stereocenters. The summed E-state index contributed by atoms with van der Waals surface area (Å²) in [5, 5.41) is 4.24. The molecular weight excluding hydrogens is 282 g/mol. The van der Waals surface area contributed by atoms with Crippen molar-refractivity contribution in [2.45, 2.75) is 65.6 Å². The van der Waals surface area contributed by atoms with E-state index in [1.165, 1.54) is 12.8 Å². The monoisotopic (exact) mass is 309 g/mol. The van der Waals surface area contributed by atoms with Crippen LogP contribution in [0.3, 0.4) is 0 Å². The number of piperidine rings is 1. The Balaban J connectivity index is 2.17. The van der Waals surface area contributed by atoms with E-state index in [2.05, 4.69) is 55.9 Å². The van der Waals surface area contributed by atoms with Crippen LogP contribution in [-0.4, -0.2) is 23.1 Å². The topological polar surface area (TPSA) is 28.2 Å². The number of hydrogen-bond donors (Lipinski definition) is 1. The maximum absolute atomic E-state index is 6.31. The molecule has 118 valence electrons. The summed E-state index contributed by atoms with van der Waals surface area (Å²) >= 11 is 6.31. The van der Waals surface area contributed by atoms with Crippen molar-refractivity contribution < 1.29 is 0 Å². The molecule has 4 heteroatoms. The Kier molecular flexibility index (Phi) is 5.15. The molecule has 3 nitrogen and oxygen atoms in total. The summed E-state index contributed by atoms with van der Waals surface area (Å²) in [6, 6.07) is 2.69. The zero-order valence-electron chi connectivity index (χ0n) is 13.9. The van der Waals surface area contributed by atoms with Crippen molar-refractivity contribution in [3.05, 3.63) is 22.8 Å². The molecular formula is C17H28ClN3. The first-order chi connectivity index (χ1) is 9.78. The second kappa shape index (κ2) is 6.53. The smallest absolute Gasteiger partial charge is 0.129 e. The SMILES string of the molecule is CC1CCCN(c2cc(CNC(C)(C)C)c(Cl)cn2)C1C. The van der Waals surface area contributed by atoms with Gasteiger partial charge < -0.3 is 10.2 Å². The number of nitrogens with one attached hydrogen (secondary N) is 1. The van der Waals surface area contributed by atoms with Gasteiger partial charge in [0, 0.05) is 30.9 Å². The first kappa shape index (κ1) is 16.6. The molecule has 0 aromatic carbocycles. The second-order valence-corrected chi connectivity index (χ2v) is 7.70. The van der Waals surface area contributed by atoms with E-state index in [9.17, 15) is 0 Å². The molecule has 0 spiro atoms. The number of nitrogens with zero attached hydrogens (tertiary/aromatic N) is 2. The molecule has 1 aliphatic rings. The molecule has 21 heavy (non-hydrogen) atoms. The molecule has 1 aliphatic heterocycles. The van der Waals surface area contributed by atoms with Gasteiger partial charge in [-0.15, -0.1) is 0 Å². The van der Waals surface area contributed by atoms with Crippen LogP contribution in [0, 0.1) is 5.92 Å². The third kappa shape index (κ3) is 4.33. The van der Waals surface area contributed by atoms with E-state index in [0.717, 1.165) is 29.5 Å². The maximum atomic E-state index is 6.31. The third-order valence-electron chi connectivity index (χ3n) is 4.40. The number of pyridine rings is 1. The molecule has 1 saturated heterocycles. The molecule has 1 aromatic heterocycles. The molecule has 2 heterocycles. The highest BCUT2D eigenvalue weighted by Crippen LogP contribution is 2.29. The molecule has 0 amide bonds. The van der Waals surface area contributed by atoms with Crippen molar-refractivity contribution >= 4 is 17.4 Å². The average Bonchev–Trinajstić information content (AvgIpc) is 2.40. The number of aromatic nitrogens is 1. The lowest BCUT2D eigenvalue weighted by Gasteiger charge is -2.39. The minimum absolute atomic E-state index is 0.0830. The van der Waals surface area contributed by atoms with Gasteiger partial charge in [-0.25, -0.2) is 4.98 Å². The summed E-state index contributed by atoms with van der Waals surface area (Å²) in [6.45, 7) is 13.0. The lowest BCUT2D eigenvalue weighted by Crippen LogP contribution is -2.43. The largest absolute Gasteiger partial charge is 0.354 e. The highest BCUT2D eigenvalue weighted by Gasteiger charge is 2.26. The highest BCUT2D eigenvalue weighted by atomic mass is 35.5. The molecule has 0 aliphatic carbocycles. The fourth-order valence-corrected chi connectivity index (χ4v) is 2.95. The molecule has 0 bridgehead atoms. The first-order valence-corrected chi connectivity index (χ1v) is 8.32. The van der Waals surface area contributed by atoms with Crippen LogP contribution in [0.4, 0.5) is 5.82 Å². The van der Waals surface area contributed by atoms with E-state index in [4.69, 9.17) is 11.6 Å². The van der Waals surface area contributed by atoms with Crippen molar-refractivity contribution in [3.63, 3.8) is 0 Å². The Hall–Kier alpha value is -0.800. The second-order valence-electron chi connectivity index (χ2n) is 7.29. The fraction of sp³-hybridized carbons (Fsp3) is 0.706. The summed E-state index contributed by atoms with van der Waals surface area (Å²) in [5.41, 5.74) is 1.21. The number of rotatable bonds is 3. The van der Waals surface area contributed by atoms with Gasteiger partial charge in [-0.1, -0.05) is 18.5 Å². The molecule has 1 N–H and O–H groups in total. The van der Waals surface area contributed by atoms with E-state index in [1.54, 1.807) is 6.20 Å². The van der Waals surface area contributed by atoms with Gasteiger partial charge in [0.15, 0.2) is 0 Å². The van der Waals surface area contributed by atoms with Gasteiger partial charge in [-0.3, -0.25) is 0 Å². The molecule has 0 radical (unpaired) electrons. The Labute approximate surface area is 134 Å². The van der Waals surface area contributed by atoms with Crippen molar-refractivity contribution in [2.75, 3.05) is 11.4 Å². The van der Waals surface area contributed by atoms with Crippen LogP contribution in [0.2, 0.25) is 5.02 Å². The van der Waals surface area contributed by atoms with E-state index in [-0.39, 0.29) is 5.54 Å². The summed E-state index contributed by atoms with van der Waals surface area (Å²) in [4.78, 5) is 6.98. The number of hydrogen-bond acceptors (Lipinski definition) is 3. The van der Waals surface area contributed by atoms with Crippen LogP contribution in [0.15, 0.2) is 12.3 Å². The van der Waals surface area contributed by atoms with Gasteiger partial charge in [0.25, 0.3) is 0 Å². The summed E-state index contributed by atoms with van der Waals surface area (Å²) in [6.07, 6.45) is 4.34. The Morgan fingerprint density at radius 1 is 1.38 bits per heavy atom. The van der Waals surface area contributed by atoms with Crippen molar-refractivity contribution in [2.24, 2.45) is 5.92 Å². The Morgan fingerprint density at radius 2 is 2.10 bits per heavy atom. The predicted octanol–water partition coefficient (Wildman–Crippen LogP) is 4.25. The van der Waals surface area contributed by atoms with Gasteiger partial charge in [-0.2, -0.15) is 0 Å². The van der Waals surface area contributed by atoms with Crippen LogP contribution in [0.1, 0.15) is 53.0 Å². The zero-order chi connectivity index (χ0) is 15.6. The summed E-state index contributed by atoms with van der Waals surface area (Å²) in [7, 11) is 0. The van der Waals surface area contributed by atoms with E-state index >= 15 is 0 Å². The normalized spacial score (nSPS) is 23.4. The van der Waals surface area contributed by atoms with Gasteiger partial charge in [0.05, 0.1) is 5.02 Å². The van der Waals surface area contributed by atoms with Crippen LogP contribution in [0.25, 0.3) is 0 Å². The molecule has 0 saturated carbocycles. The average molecular weight is 310 g/mol. The third-order valence-corrected chi connectivity index (χ3v) is 4.74. The van der Waals surface area contributed by atoms with Gasteiger partial charge in [0.1, 0.15) is 5.82 Å². The van der Waals surface area contributed by atoms with Gasteiger partial charge >= 0.3 is 0 Å². The van der Waals surface area contributed by atoms with E-state index in [0.29, 0.717) is 12.0 Å². The minimum Gasteiger partial charge on any atom is -0.354 e. The lowest BCUT2D eigenvalue weighted by molar-refractivity contribution is 0.361. The molecule has 1 aromatic rings. The minimum atomic E-state index is 0.0830. The number of anilines is 1. The standard InChI is InChI=1S/C17H28ClN3/c1-12-7-6-8-21(13(12)2)16-9-14(15(18)11-19-16)10-20-17(3,4)5/h9,11-13,20H,6-8,10H2,1-5H3. The quantitative estimate of drug-likeness (QED) is 0.905. The van der Waals surface area contributed by atoms with Gasteiger partial charge in [-0.05, 0) is 58.1 Å².